The molecule has 0 aliphatic rings. The number of hydrogen-bond donors (Lipinski definition) is 1. The molecule has 1 rings (SSSR count). The maximum Gasteiger partial charge on any atom is 0.416 e. The van der Waals surface area contributed by atoms with Crippen molar-refractivity contribution >= 4 is 5.69 Å². The van der Waals surface area contributed by atoms with Crippen molar-refractivity contribution < 1.29 is 17.9 Å². The topological polar surface area (TPSA) is 21.3 Å². The van der Waals surface area contributed by atoms with Gasteiger partial charge in [-0.25, -0.2) is 0 Å². The first-order valence-electron chi connectivity index (χ1n) is 5.53. The molecule has 0 unspecified atom stereocenters. The van der Waals surface area contributed by atoms with E-state index in [0.29, 0.717) is 25.4 Å². The highest BCUT2D eigenvalue weighted by Gasteiger charge is 2.29. The number of ether oxygens (including phenoxy) is 1. The highest BCUT2D eigenvalue weighted by molar-refractivity contribution is 5.45. The first-order valence-corrected chi connectivity index (χ1v) is 5.53. The van der Waals surface area contributed by atoms with E-state index in [1.54, 1.807) is 0 Å². The quantitative estimate of drug-likeness (QED) is 0.776. The summed E-state index contributed by atoms with van der Waals surface area (Å²) in [5.41, 5.74) is 0.0309. The molecule has 1 aromatic rings. The highest BCUT2D eigenvalue weighted by atomic mass is 19.4. The molecule has 0 bridgehead atoms. The van der Waals surface area contributed by atoms with Crippen molar-refractivity contribution in [1.82, 2.24) is 0 Å². The van der Waals surface area contributed by atoms with Crippen molar-refractivity contribution in [3.63, 3.8) is 0 Å². The first kappa shape index (κ1) is 13.8. The van der Waals surface area contributed by atoms with E-state index in [1.165, 1.54) is 12.1 Å². The molecule has 0 aliphatic heterocycles. The van der Waals surface area contributed by atoms with Crippen LogP contribution >= 0.6 is 0 Å². The molecule has 0 aliphatic carbocycles. The predicted octanol–water partition coefficient (Wildman–Crippen LogP) is 3.54. The molecule has 0 atom stereocenters. The van der Waals surface area contributed by atoms with Crippen LogP contribution in [0.5, 0.6) is 0 Å². The summed E-state index contributed by atoms with van der Waals surface area (Å²) < 4.78 is 42.1. The van der Waals surface area contributed by atoms with E-state index in [0.717, 1.165) is 18.6 Å². The van der Waals surface area contributed by atoms with Gasteiger partial charge in [-0.15, -0.1) is 0 Å². The van der Waals surface area contributed by atoms with Gasteiger partial charge >= 0.3 is 6.18 Å². The zero-order chi connectivity index (χ0) is 12.7. The van der Waals surface area contributed by atoms with E-state index >= 15 is 0 Å². The predicted molar refractivity (Wildman–Crippen MR) is 61.0 cm³/mol. The zero-order valence-electron chi connectivity index (χ0n) is 9.68. The van der Waals surface area contributed by atoms with E-state index in [1.807, 2.05) is 6.92 Å². The van der Waals surface area contributed by atoms with Gasteiger partial charge in [0.05, 0.1) is 12.2 Å². The molecule has 17 heavy (non-hydrogen) atoms. The van der Waals surface area contributed by atoms with Gasteiger partial charge in [-0.1, -0.05) is 6.92 Å². The third-order valence-corrected chi connectivity index (χ3v) is 2.14. The molecule has 0 saturated carbocycles. The van der Waals surface area contributed by atoms with E-state index in [4.69, 9.17) is 4.74 Å². The van der Waals surface area contributed by atoms with Crippen LogP contribution in [-0.2, 0) is 10.9 Å². The Morgan fingerprint density at radius 3 is 2.29 bits per heavy atom. The lowest BCUT2D eigenvalue weighted by Gasteiger charge is -2.09. The molecule has 0 radical (unpaired) electrons. The van der Waals surface area contributed by atoms with Crippen LogP contribution in [0.3, 0.4) is 0 Å². The third-order valence-electron chi connectivity index (χ3n) is 2.14. The van der Waals surface area contributed by atoms with Gasteiger partial charge in [0.2, 0.25) is 0 Å². The zero-order valence-corrected chi connectivity index (χ0v) is 9.68. The molecular formula is C12H16F3NO. The second-order valence-electron chi connectivity index (χ2n) is 3.61. The fourth-order valence-electron chi connectivity index (χ4n) is 1.29. The summed E-state index contributed by atoms with van der Waals surface area (Å²) in [6, 6.07) is 4.97. The summed E-state index contributed by atoms with van der Waals surface area (Å²) in [4.78, 5) is 0. The van der Waals surface area contributed by atoms with Gasteiger partial charge in [0.1, 0.15) is 0 Å². The van der Waals surface area contributed by atoms with Crippen molar-refractivity contribution in [1.29, 1.82) is 0 Å². The highest BCUT2D eigenvalue weighted by Crippen LogP contribution is 2.29. The van der Waals surface area contributed by atoms with E-state index < -0.39 is 11.7 Å². The van der Waals surface area contributed by atoms with Crippen molar-refractivity contribution in [2.75, 3.05) is 25.1 Å². The summed E-state index contributed by atoms with van der Waals surface area (Å²) in [7, 11) is 0. The molecule has 0 saturated heterocycles. The maximum atomic E-state index is 12.3. The fourth-order valence-corrected chi connectivity index (χ4v) is 1.29. The molecular weight excluding hydrogens is 231 g/mol. The van der Waals surface area contributed by atoms with Crippen LogP contribution in [-0.4, -0.2) is 19.8 Å². The second kappa shape index (κ2) is 6.49. The lowest BCUT2D eigenvalue weighted by molar-refractivity contribution is -0.137. The number of anilines is 1. The average Bonchev–Trinajstić information content (AvgIpc) is 2.28. The minimum absolute atomic E-state index is 0.550. The number of nitrogens with one attached hydrogen (secondary N) is 1. The number of benzene rings is 1. The Kier molecular flexibility index (Phi) is 5.28. The Bertz CT molecular complexity index is 322. The molecule has 0 amide bonds. The fraction of sp³-hybridized carbons (Fsp3) is 0.500. The van der Waals surface area contributed by atoms with Gasteiger partial charge in [-0.05, 0) is 30.7 Å². The Hall–Kier alpha value is -1.23. The van der Waals surface area contributed by atoms with Gasteiger partial charge in [-0.3, -0.25) is 0 Å². The molecule has 2 nitrogen and oxygen atoms in total. The number of alkyl halides is 3. The normalized spacial score (nSPS) is 11.5. The van der Waals surface area contributed by atoms with Crippen LogP contribution in [0.4, 0.5) is 18.9 Å². The Labute approximate surface area is 98.8 Å². The van der Waals surface area contributed by atoms with Crippen LogP contribution in [0, 0.1) is 0 Å². The van der Waals surface area contributed by atoms with Crippen LogP contribution in [0.15, 0.2) is 24.3 Å². The van der Waals surface area contributed by atoms with Crippen LogP contribution < -0.4 is 5.32 Å². The summed E-state index contributed by atoms with van der Waals surface area (Å²) in [5.74, 6) is 0. The minimum atomic E-state index is -4.28. The van der Waals surface area contributed by atoms with Crippen LogP contribution in [0.2, 0.25) is 0 Å². The van der Waals surface area contributed by atoms with Crippen LogP contribution in [0.25, 0.3) is 0 Å². The Morgan fingerprint density at radius 2 is 1.76 bits per heavy atom. The Morgan fingerprint density at radius 1 is 1.12 bits per heavy atom. The maximum absolute atomic E-state index is 12.3. The standard InChI is InChI=1S/C12H16F3NO/c1-2-8-17-9-7-16-11-5-3-10(4-6-11)12(13,14)15/h3-6,16H,2,7-9H2,1H3. The molecule has 0 fully saturated rings. The summed E-state index contributed by atoms with van der Waals surface area (Å²) in [6.45, 7) is 3.86. The largest absolute Gasteiger partial charge is 0.416 e. The van der Waals surface area contributed by atoms with Gasteiger partial charge < -0.3 is 10.1 Å². The summed E-state index contributed by atoms with van der Waals surface area (Å²) in [5, 5.41) is 2.99. The van der Waals surface area contributed by atoms with Gasteiger partial charge in [-0.2, -0.15) is 13.2 Å². The van der Waals surface area contributed by atoms with Crippen molar-refractivity contribution in [3.8, 4) is 0 Å². The molecule has 5 heteroatoms. The van der Waals surface area contributed by atoms with Crippen molar-refractivity contribution in [3.05, 3.63) is 29.8 Å². The number of halogens is 3. The monoisotopic (exact) mass is 247 g/mol. The third kappa shape index (κ3) is 5.08. The molecule has 0 spiro atoms. The smallest absolute Gasteiger partial charge is 0.383 e. The first-order chi connectivity index (χ1) is 8.04. The van der Waals surface area contributed by atoms with Gasteiger partial charge in [0.15, 0.2) is 0 Å². The molecule has 0 aromatic heterocycles. The van der Waals surface area contributed by atoms with E-state index in [2.05, 4.69) is 5.32 Å². The van der Waals surface area contributed by atoms with Crippen molar-refractivity contribution in [2.45, 2.75) is 19.5 Å². The number of hydrogen-bond acceptors (Lipinski definition) is 2. The second-order valence-corrected chi connectivity index (χ2v) is 3.61. The molecule has 96 valence electrons. The summed E-state index contributed by atoms with van der Waals surface area (Å²) in [6.07, 6.45) is -3.32. The Balaban J connectivity index is 2.36. The lowest BCUT2D eigenvalue weighted by atomic mass is 10.2. The van der Waals surface area contributed by atoms with E-state index in [-0.39, 0.29) is 0 Å². The molecule has 0 heterocycles. The SMILES string of the molecule is CCCOCCNc1ccc(C(F)(F)F)cc1. The molecule has 1 aromatic carbocycles. The van der Waals surface area contributed by atoms with Gasteiger partial charge in [0, 0.05) is 18.8 Å². The van der Waals surface area contributed by atoms with E-state index in [9.17, 15) is 13.2 Å². The number of rotatable bonds is 6. The molecule has 1 N–H and O–H groups in total. The lowest BCUT2D eigenvalue weighted by Crippen LogP contribution is -2.10. The minimum Gasteiger partial charge on any atom is -0.383 e. The van der Waals surface area contributed by atoms with Crippen molar-refractivity contribution in [2.24, 2.45) is 0 Å². The van der Waals surface area contributed by atoms with Crippen LogP contribution in [0.1, 0.15) is 18.9 Å². The average molecular weight is 247 g/mol. The summed E-state index contributed by atoms with van der Waals surface area (Å²) >= 11 is 0. The van der Waals surface area contributed by atoms with Gasteiger partial charge in [0.25, 0.3) is 0 Å².